The second-order valence-corrected chi connectivity index (χ2v) is 6.74. The molecule has 0 heterocycles. The van der Waals surface area contributed by atoms with Crippen LogP contribution < -0.4 is 5.32 Å². The first-order valence-electron chi connectivity index (χ1n) is 8.01. The van der Waals surface area contributed by atoms with Crippen molar-refractivity contribution in [2.75, 3.05) is 0 Å². The van der Waals surface area contributed by atoms with Crippen molar-refractivity contribution in [1.29, 1.82) is 0 Å². The molecule has 0 saturated heterocycles. The van der Waals surface area contributed by atoms with E-state index >= 15 is 0 Å². The number of carboxylic acid groups (broad SMARTS) is 1. The normalized spacial score (nSPS) is 12.9. The van der Waals surface area contributed by atoms with Crippen molar-refractivity contribution >= 4 is 35.3 Å². The van der Waals surface area contributed by atoms with Crippen LogP contribution in [0.4, 0.5) is 4.79 Å². The van der Waals surface area contributed by atoms with E-state index in [0.29, 0.717) is 10.0 Å². The Labute approximate surface area is 161 Å². The highest BCUT2D eigenvalue weighted by atomic mass is 35.5. The van der Waals surface area contributed by atoms with Crippen molar-refractivity contribution in [3.63, 3.8) is 0 Å². The van der Waals surface area contributed by atoms with E-state index in [1.165, 1.54) is 0 Å². The van der Waals surface area contributed by atoms with Gasteiger partial charge in [0.05, 0.1) is 0 Å². The second kappa shape index (κ2) is 9.46. The van der Waals surface area contributed by atoms with E-state index in [1.54, 1.807) is 18.2 Å². The Hall–Kier alpha value is -2.24. The van der Waals surface area contributed by atoms with Crippen LogP contribution in [0.1, 0.15) is 30.4 Å². The summed E-state index contributed by atoms with van der Waals surface area (Å²) in [5.41, 5.74) is 1.58. The summed E-state index contributed by atoms with van der Waals surface area (Å²) in [4.78, 5) is 23.4. The Morgan fingerprint density at radius 1 is 1.15 bits per heavy atom. The molecule has 0 aliphatic heterocycles. The number of halogens is 2. The van der Waals surface area contributed by atoms with Crippen LogP contribution in [0.5, 0.6) is 0 Å². The molecule has 138 valence electrons. The predicted molar refractivity (Wildman–Crippen MR) is 101 cm³/mol. The fraction of sp³-hybridized carbons (Fsp3) is 0.263. The van der Waals surface area contributed by atoms with Crippen LogP contribution in [0.2, 0.25) is 10.0 Å². The predicted octanol–water partition coefficient (Wildman–Crippen LogP) is 4.87. The minimum Gasteiger partial charge on any atom is -0.480 e. The van der Waals surface area contributed by atoms with E-state index in [2.05, 4.69) is 5.32 Å². The number of carbonyl (C=O) groups is 2. The van der Waals surface area contributed by atoms with Gasteiger partial charge in [0.2, 0.25) is 0 Å². The number of alkyl carbamates (subject to hydrolysis) is 1. The van der Waals surface area contributed by atoms with Crippen LogP contribution >= 0.6 is 23.2 Å². The average Bonchev–Trinajstić information content (AvgIpc) is 2.60. The molecule has 0 aliphatic carbocycles. The van der Waals surface area contributed by atoms with Gasteiger partial charge in [0.25, 0.3) is 0 Å². The van der Waals surface area contributed by atoms with Crippen LogP contribution in [-0.4, -0.2) is 23.2 Å². The molecule has 0 fully saturated rings. The number of nitrogens with one attached hydrogen (secondary N) is 1. The summed E-state index contributed by atoms with van der Waals surface area (Å²) in [5, 5.41) is 12.7. The lowest BCUT2D eigenvalue weighted by atomic mass is 9.94. The second-order valence-electron chi connectivity index (χ2n) is 5.90. The standard InChI is InChI=1S/C19H19Cl2NO4/c1-12(15-8-7-14(20)10-16(15)21)9-17(18(23)24)22-19(25)26-11-13-5-3-2-4-6-13/h2-8,10,12,17H,9,11H2,1H3,(H,22,25)(H,23,24). The molecular weight excluding hydrogens is 377 g/mol. The summed E-state index contributed by atoms with van der Waals surface area (Å²) >= 11 is 12.0. The third-order valence-corrected chi connectivity index (χ3v) is 4.45. The van der Waals surface area contributed by atoms with E-state index in [0.717, 1.165) is 11.1 Å². The van der Waals surface area contributed by atoms with Crippen LogP contribution in [0.25, 0.3) is 0 Å². The third-order valence-electron chi connectivity index (χ3n) is 3.89. The topological polar surface area (TPSA) is 75.6 Å². The largest absolute Gasteiger partial charge is 0.480 e. The zero-order valence-electron chi connectivity index (χ0n) is 14.1. The van der Waals surface area contributed by atoms with Gasteiger partial charge in [-0.3, -0.25) is 0 Å². The molecule has 26 heavy (non-hydrogen) atoms. The van der Waals surface area contributed by atoms with Gasteiger partial charge in [0, 0.05) is 10.0 Å². The summed E-state index contributed by atoms with van der Waals surface area (Å²) in [6.07, 6.45) is -0.618. The van der Waals surface area contributed by atoms with Gasteiger partial charge in [0.15, 0.2) is 0 Å². The number of benzene rings is 2. The number of amides is 1. The Balaban J connectivity index is 1.95. The van der Waals surface area contributed by atoms with Gasteiger partial charge in [-0.2, -0.15) is 0 Å². The molecule has 0 aliphatic rings. The molecule has 2 aromatic carbocycles. The van der Waals surface area contributed by atoms with E-state index in [4.69, 9.17) is 27.9 Å². The van der Waals surface area contributed by atoms with Gasteiger partial charge in [0.1, 0.15) is 12.6 Å². The average molecular weight is 396 g/mol. The lowest BCUT2D eigenvalue weighted by Crippen LogP contribution is -2.41. The van der Waals surface area contributed by atoms with Gasteiger partial charge in [-0.25, -0.2) is 9.59 Å². The minimum atomic E-state index is -1.14. The van der Waals surface area contributed by atoms with Crippen molar-refractivity contribution in [3.05, 3.63) is 69.7 Å². The summed E-state index contributed by atoms with van der Waals surface area (Å²) in [6.45, 7) is 1.90. The molecular formula is C19H19Cl2NO4. The van der Waals surface area contributed by atoms with Gasteiger partial charge in [-0.05, 0) is 35.6 Å². The molecule has 5 nitrogen and oxygen atoms in total. The van der Waals surface area contributed by atoms with Crippen LogP contribution in [0.15, 0.2) is 48.5 Å². The SMILES string of the molecule is CC(CC(NC(=O)OCc1ccccc1)C(=O)O)c1ccc(Cl)cc1Cl. The number of rotatable bonds is 7. The Morgan fingerprint density at radius 2 is 1.85 bits per heavy atom. The first-order valence-corrected chi connectivity index (χ1v) is 8.77. The minimum absolute atomic E-state index is 0.0670. The maximum atomic E-state index is 11.9. The van der Waals surface area contributed by atoms with E-state index < -0.39 is 18.1 Å². The number of hydrogen-bond acceptors (Lipinski definition) is 3. The van der Waals surface area contributed by atoms with Gasteiger partial charge >= 0.3 is 12.1 Å². The third kappa shape index (κ3) is 5.93. The monoisotopic (exact) mass is 395 g/mol. The Bertz CT molecular complexity index is 767. The van der Waals surface area contributed by atoms with Gasteiger partial charge in [-0.15, -0.1) is 0 Å². The fourth-order valence-corrected chi connectivity index (χ4v) is 3.10. The smallest absolute Gasteiger partial charge is 0.408 e. The van der Waals surface area contributed by atoms with Crippen LogP contribution in [0.3, 0.4) is 0 Å². The van der Waals surface area contributed by atoms with Crippen molar-refractivity contribution in [2.24, 2.45) is 0 Å². The highest BCUT2D eigenvalue weighted by Crippen LogP contribution is 2.30. The fourth-order valence-electron chi connectivity index (χ4n) is 2.51. The van der Waals surface area contributed by atoms with Crippen molar-refractivity contribution in [3.8, 4) is 0 Å². The summed E-state index contributed by atoms with van der Waals surface area (Å²) in [5.74, 6) is -1.34. The number of ether oxygens (including phenoxy) is 1. The first-order chi connectivity index (χ1) is 12.4. The highest BCUT2D eigenvalue weighted by Gasteiger charge is 2.24. The molecule has 2 unspecified atom stereocenters. The molecule has 0 aromatic heterocycles. The van der Waals surface area contributed by atoms with Gasteiger partial charge in [-0.1, -0.05) is 66.5 Å². The molecule has 1 amide bonds. The zero-order chi connectivity index (χ0) is 19.1. The van der Waals surface area contributed by atoms with Crippen molar-refractivity contribution < 1.29 is 19.4 Å². The molecule has 0 radical (unpaired) electrons. The maximum Gasteiger partial charge on any atom is 0.408 e. The van der Waals surface area contributed by atoms with Crippen LogP contribution in [-0.2, 0) is 16.1 Å². The van der Waals surface area contributed by atoms with Crippen molar-refractivity contribution in [1.82, 2.24) is 5.32 Å². The number of carboxylic acids is 1. The summed E-state index contributed by atoms with van der Waals surface area (Å²) < 4.78 is 5.08. The lowest BCUT2D eigenvalue weighted by Gasteiger charge is -2.20. The quantitative estimate of drug-likeness (QED) is 0.701. The summed E-state index contributed by atoms with van der Waals surface area (Å²) in [7, 11) is 0. The maximum absolute atomic E-state index is 11.9. The van der Waals surface area contributed by atoms with E-state index in [-0.39, 0.29) is 18.9 Å². The highest BCUT2D eigenvalue weighted by molar-refractivity contribution is 6.35. The number of carbonyl (C=O) groups excluding carboxylic acids is 1. The first kappa shape index (κ1) is 20.1. The zero-order valence-corrected chi connectivity index (χ0v) is 15.6. The number of aliphatic carboxylic acids is 1. The number of hydrogen-bond donors (Lipinski definition) is 2. The molecule has 2 N–H and O–H groups in total. The molecule has 2 atom stereocenters. The summed E-state index contributed by atoms with van der Waals surface area (Å²) in [6, 6.07) is 13.1. The van der Waals surface area contributed by atoms with Gasteiger partial charge < -0.3 is 15.2 Å². The molecule has 7 heteroatoms. The Morgan fingerprint density at radius 3 is 2.46 bits per heavy atom. The van der Waals surface area contributed by atoms with E-state index in [9.17, 15) is 14.7 Å². The molecule has 0 spiro atoms. The molecule has 2 rings (SSSR count). The van der Waals surface area contributed by atoms with Crippen LogP contribution in [0, 0.1) is 0 Å². The Kier molecular flexibility index (Phi) is 7.30. The molecule has 2 aromatic rings. The lowest BCUT2D eigenvalue weighted by molar-refractivity contribution is -0.139. The molecule has 0 saturated carbocycles. The van der Waals surface area contributed by atoms with E-state index in [1.807, 2.05) is 37.3 Å². The van der Waals surface area contributed by atoms with Crippen molar-refractivity contribution in [2.45, 2.75) is 31.9 Å². The molecule has 0 bridgehead atoms.